The monoisotopic (exact) mass is 348 g/mol. The van der Waals surface area contributed by atoms with Crippen LogP contribution in [0.5, 0.6) is 0 Å². The Morgan fingerprint density at radius 2 is 1.96 bits per heavy atom. The van der Waals surface area contributed by atoms with Crippen molar-refractivity contribution in [1.29, 1.82) is 5.26 Å². The summed E-state index contributed by atoms with van der Waals surface area (Å²) >= 11 is 1.80. The second-order valence-corrected chi connectivity index (χ2v) is 8.50. The number of benzene rings is 1. The molecule has 0 spiro atoms. The molecule has 2 nitrogen and oxygen atoms in total. The Hall–Kier alpha value is -1.79. The second kappa shape index (κ2) is 7.62. The predicted molar refractivity (Wildman–Crippen MR) is 103 cm³/mol. The zero-order chi connectivity index (χ0) is 17.1. The molecule has 1 fully saturated rings. The van der Waals surface area contributed by atoms with Crippen LogP contribution in [-0.2, 0) is 12.8 Å². The minimum atomic E-state index is 0.392. The van der Waals surface area contributed by atoms with E-state index in [2.05, 4.69) is 42.5 Å². The number of hydrogen-bond acceptors (Lipinski definition) is 3. The summed E-state index contributed by atoms with van der Waals surface area (Å²) < 4.78 is 0. The van der Waals surface area contributed by atoms with Crippen LogP contribution in [0.2, 0.25) is 0 Å². The van der Waals surface area contributed by atoms with Crippen molar-refractivity contribution in [3.8, 4) is 6.07 Å². The third-order valence-electron chi connectivity index (χ3n) is 5.35. The first-order chi connectivity index (χ1) is 12.3. The Bertz CT molecular complexity index is 775. The smallest absolute Gasteiger partial charge is 0.115 e. The Morgan fingerprint density at radius 1 is 1.16 bits per heavy atom. The van der Waals surface area contributed by atoms with Crippen LogP contribution >= 0.6 is 11.8 Å². The van der Waals surface area contributed by atoms with Gasteiger partial charge in [0.1, 0.15) is 11.1 Å². The first-order valence-corrected chi connectivity index (χ1v) is 10.4. The Morgan fingerprint density at radius 3 is 2.72 bits per heavy atom. The SMILES string of the molecule is N#Cc1cc2c(nc1S[C@@H](CCC1CC1)c1ccccc1)CCCC2. The molecule has 4 rings (SSSR count). The lowest BCUT2D eigenvalue weighted by molar-refractivity contribution is 0.652. The van der Waals surface area contributed by atoms with E-state index < -0.39 is 0 Å². The van der Waals surface area contributed by atoms with Gasteiger partial charge in [0.25, 0.3) is 0 Å². The van der Waals surface area contributed by atoms with E-state index in [1.54, 1.807) is 11.8 Å². The highest BCUT2D eigenvalue weighted by molar-refractivity contribution is 7.99. The van der Waals surface area contributed by atoms with Crippen LogP contribution in [0.15, 0.2) is 41.4 Å². The number of aromatic nitrogens is 1. The van der Waals surface area contributed by atoms with Crippen molar-refractivity contribution >= 4 is 11.8 Å². The van der Waals surface area contributed by atoms with Crippen LogP contribution in [0.1, 0.15) is 66.2 Å². The molecular weight excluding hydrogens is 324 g/mol. The quantitative estimate of drug-likeness (QED) is 0.614. The number of rotatable bonds is 6. The molecule has 1 aromatic heterocycles. The normalized spacial score (nSPS) is 17.6. The largest absolute Gasteiger partial charge is 0.245 e. The minimum absolute atomic E-state index is 0.392. The van der Waals surface area contributed by atoms with Crippen molar-refractivity contribution < 1.29 is 0 Å². The van der Waals surface area contributed by atoms with Gasteiger partial charge in [-0.15, -0.1) is 0 Å². The Kier molecular flexibility index (Phi) is 5.08. The molecule has 1 saturated carbocycles. The highest BCUT2D eigenvalue weighted by Crippen LogP contribution is 2.43. The van der Waals surface area contributed by atoms with Crippen molar-refractivity contribution in [2.24, 2.45) is 5.92 Å². The standard InChI is InChI=1S/C22H24N2S/c23-15-19-14-18-8-4-5-9-20(18)24-22(19)25-21(13-12-16-10-11-16)17-6-2-1-3-7-17/h1-3,6-7,14,16,21H,4-5,8-13H2/t21-/m0/s1. The van der Waals surface area contributed by atoms with Gasteiger partial charge in [0.2, 0.25) is 0 Å². The van der Waals surface area contributed by atoms with E-state index in [0.717, 1.165) is 29.3 Å². The van der Waals surface area contributed by atoms with Gasteiger partial charge >= 0.3 is 0 Å². The lowest BCUT2D eigenvalue weighted by Gasteiger charge is -2.20. The molecule has 3 heteroatoms. The molecule has 1 atom stereocenters. The topological polar surface area (TPSA) is 36.7 Å². The molecular formula is C22H24N2S. The van der Waals surface area contributed by atoms with Crippen molar-refractivity contribution in [2.75, 3.05) is 0 Å². The van der Waals surface area contributed by atoms with E-state index >= 15 is 0 Å². The zero-order valence-corrected chi connectivity index (χ0v) is 15.4. The van der Waals surface area contributed by atoms with Crippen molar-refractivity contribution in [3.05, 3.63) is 58.8 Å². The maximum absolute atomic E-state index is 9.63. The summed E-state index contributed by atoms with van der Waals surface area (Å²) in [5, 5.41) is 11.0. The molecule has 2 aromatic rings. The van der Waals surface area contributed by atoms with Crippen LogP contribution in [0.3, 0.4) is 0 Å². The molecule has 128 valence electrons. The molecule has 2 aliphatic carbocycles. The lowest BCUT2D eigenvalue weighted by atomic mass is 9.95. The van der Waals surface area contributed by atoms with E-state index in [1.807, 2.05) is 0 Å². The van der Waals surface area contributed by atoms with Gasteiger partial charge in [-0.1, -0.05) is 54.9 Å². The average Bonchev–Trinajstić information content (AvgIpc) is 3.49. The highest BCUT2D eigenvalue weighted by atomic mass is 32.2. The maximum atomic E-state index is 9.63. The fraction of sp³-hybridized carbons (Fsp3) is 0.455. The van der Waals surface area contributed by atoms with Gasteiger partial charge in [0.15, 0.2) is 0 Å². The van der Waals surface area contributed by atoms with Crippen LogP contribution in [-0.4, -0.2) is 4.98 Å². The van der Waals surface area contributed by atoms with Gasteiger partial charge in [-0.2, -0.15) is 5.26 Å². The fourth-order valence-electron chi connectivity index (χ4n) is 3.67. The van der Waals surface area contributed by atoms with Gasteiger partial charge in [0.05, 0.1) is 5.56 Å². The molecule has 1 aromatic carbocycles. The first kappa shape index (κ1) is 16.7. The molecule has 0 radical (unpaired) electrons. The van der Waals surface area contributed by atoms with E-state index in [0.29, 0.717) is 5.25 Å². The zero-order valence-electron chi connectivity index (χ0n) is 14.6. The van der Waals surface area contributed by atoms with E-state index in [-0.39, 0.29) is 0 Å². The van der Waals surface area contributed by atoms with Crippen LogP contribution in [0, 0.1) is 17.2 Å². The summed E-state index contributed by atoms with van der Waals surface area (Å²) in [5.41, 5.74) is 4.64. The van der Waals surface area contributed by atoms with E-state index in [1.165, 1.54) is 55.3 Å². The lowest BCUT2D eigenvalue weighted by Crippen LogP contribution is -2.08. The van der Waals surface area contributed by atoms with Crippen molar-refractivity contribution in [1.82, 2.24) is 4.98 Å². The van der Waals surface area contributed by atoms with E-state index in [9.17, 15) is 5.26 Å². The number of nitrogens with zero attached hydrogens (tertiary/aromatic N) is 2. The number of hydrogen-bond donors (Lipinski definition) is 0. The fourth-order valence-corrected chi connectivity index (χ4v) is 4.89. The summed E-state index contributed by atoms with van der Waals surface area (Å²) in [6, 6.07) is 15.2. The summed E-state index contributed by atoms with van der Waals surface area (Å²) in [5.74, 6) is 0.929. The summed E-state index contributed by atoms with van der Waals surface area (Å²) in [4.78, 5) is 4.93. The molecule has 2 aliphatic rings. The third-order valence-corrected chi connectivity index (χ3v) is 6.67. The minimum Gasteiger partial charge on any atom is -0.245 e. The Balaban J connectivity index is 1.61. The molecule has 25 heavy (non-hydrogen) atoms. The van der Waals surface area contributed by atoms with Gasteiger partial charge in [-0.3, -0.25) is 0 Å². The maximum Gasteiger partial charge on any atom is 0.115 e. The number of thioether (sulfide) groups is 1. The molecule has 0 amide bonds. The molecule has 0 saturated heterocycles. The molecule has 0 N–H and O–H groups in total. The highest BCUT2D eigenvalue weighted by Gasteiger charge is 2.25. The second-order valence-electron chi connectivity index (χ2n) is 7.30. The van der Waals surface area contributed by atoms with Crippen molar-refractivity contribution in [2.45, 2.75) is 61.6 Å². The molecule has 0 unspecified atom stereocenters. The van der Waals surface area contributed by atoms with Crippen LogP contribution < -0.4 is 0 Å². The van der Waals surface area contributed by atoms with Crippen LogP contribution in [0.4, 0.5) is 0 Å². The van der Waals surface area contributed by atoms with Crippen LogP contribution in [0.25, 0.3) is 0 Å². The van der Waals surface area contributed by atoms with Gasteiger partial charge < -0.3 is 0 Å². The van der Waals surface area contributed by atoms with Gasteiger partial charge in [0, 0.05) is 10.9 Å². The number of fused-ring (bicyclic) bond motifs is 1. The summed E-state index contributed by atoms with van der Waals surface area (Å²) in [6.07, 6.45) is 9.83. The number of nitriles is 1. The number of pyridine rings is 1. The van der Waals surface area contributed by atoms with Gasteiger partial charge in [-0.05, 0) is 61.6 Å². The number of aryl methyl sites for hydroxylation is 2. The van der Waals surface area contributed by atoms with Crippen molar-refractivity contribution in [3.63, 3.8) is 0 Å². The summed E-state index contributed by atoms with van der Waals surface area (Å²) in [7, 11) is 0. The molecule has 0 aliphatic heterocycles. The molecule has 0 bridgehead atoms. The predicted octanol–water partition coefficient (Wildman–Crippen LogP) is 5.86. The Labute approximate surface area is 154 Å². The molecule has 1 heterocycles. The van der Waals surface area contributed by atoms with Gasteiger partial charge in [-0.25, -0.2) is 4.98 Å². The third kappa shape index (κ3) is 4.07. The first-order valence-electron chi connectivity index (χ1n) is 9.48. The summed E-state index contributed by atoms with van der Waals surface area (Å²) in [6.45, 7) is 0. The average molecular weight is 349 g/mol. The van der Waals surface area contributed by atoms with E-state index in [4.69, 9.17) is 4.98 Å².